The fraction of sp³-hybridized carbons (Fsp3) is 0.286. The summed E-state index contributed by atoms with van der Waals surface area (Å²) in [4.78, 5) is 27.8. The van der Waals surface area contributed by atoms with Gasteiger partial charge < -0.3 is 15.0 Å². The molecule has 3 rings (SSSR count). The first-order valence-corrected chi connectivity index (χ1v) is 13.5. The van der Waals surface area contributed by atoms with E-state index in [9.17, 15) is 18.0 Å². The molecule has 0 radical (unpaired) electrons. The average Bonchev–Trinajstić information content (AvgIpc) is 2.94. The van der Waals surface area contributed by atoms with Gasteiger partial charge in [0.05, 0.1) is 17.7 Å². The molecular weight excluding hydrogens is 490 g/mol. The Morgan fingerprint density at radius 1 is 0.946 bits per heavy atom. The number of amides is 2. The second kappa shape index (κ2) is 12.4. The standard InChI is InChI=1S/C28H33N3O5S/c1-5-23-11-9-10-14-26(23)31(37(34,35)25-12-7-6-8-13-25)20-27(32)30(21(2)28(33)29-3)19-22-15-17-24(36-4)18-16-22/h6-18,21H,5,19-20H2,1-4H3,(H,29,33)/t21-/m0/s1. The number of methoxy groups -OCH3 is 1. The summed E-state index contributed by atoms with van der Waals surface area (Å²) in [5.41, 5.74) is 1.99. The molecule has 9 heteroatoms. The third-order valence-corrected chi connectivity index (χ3v) is 7.95. The van der Waals surface area contributed by atoms with Gasteiger partial charge in [0.15, 0.2) is 0 Å². The van der Waals surface area contributed by atoms with Crippen molar-refractivity contribution in [3.8, 4) is 5.75 Å². The van der Waals surface area contributed by atoms with Crippen molar-refractivity contribution in [2.45, 2.75) is 37.8 Å². The van der Waals surface area contributed by atoms with Crippen LogP contribution in [0.5, 0.6) is 5.75 Å². The van der Waals surface area contributed by atoms with Crippen LogP contribution in [0.1, 0.15) is 25.0 Å². The number of aryl methyl sites for hydroxylation is 1. The Morgan fingerprint density at radius 3 is 2.16 bits per heavy atom. The Kier molecular flexibility index (Phi) is 9.30. The van der Waals surface area contributed by atoms with Gasteiger partial charge >= 0.3 is 0 Å². The molecule has 0 bridgehead atoms. The van der Waals surface area contributed by atoms with Crippen LogP contribution in [0.4, 0.5) is 5.69 Å². The van der Waals surface area contributed by atoms with Crippen molar-refractivity contribution in [1.82, 2.24) is 10.2 Å². The number of likely N-dealkylation sites (N-methyl/N-ethyl adjacent to an activating group) is 1. The lowest BCUT2D eigenvalue weighted by Gasteiger charge is -2.32. The zero-order chi connectivity index (χ0) is 27.0. The molecule has 0 aliphatic carbocycles. The number of para-hydroxylation sites is 1. The first kappa shape index (κ1) is 27.7. The molecule has 2 amide bonds. The van der Waals surface area contributed by atoms with Crippen molar-refractivity contribution in [2.75, 3.05) is 25.0 Å². The van der Waals surface area contributed by atoms with E-state index in [0.29, 0.717) is 17.9 Å². The summed E-state index contributed by atoms with van der Waals surface area (Å²) in [6.07, 6.45) is 0.579. The normalized spacial score (nSPS) is 11.9. The maximum atomic E-state index is 13.8. The van der Waals surface area contributed by atoms with Crippen LogP contribution in [0, 0.1) is 0 Å². The summed E-state index contributed by atoms with van der Waals surface area (Å²) in [7, 11) is -1.02. The van der Waals surface area contributed by atoms with E-state index in [1.54, 1.807) is 68.6 Å². The number of sulfonamides is 1. The maximum absolute atomic E-state index is 13.8. The SMILES string of the molecule is CCc1ccccc1N(CC(=O)N(Cc1ccc(OC)cc1)[C@@H](C)C(=O)NC)S(=O)(=O)c1ccccc1. The highest BCUT2D eigenvalue weighted by molar-refractivity contribution is 7.92. The molecule has 8 nitrogen and oxygen atoms in total. The molecule has 0 aliphatic heterocycles. The van der Waals surface area contributed by atoms with Gasteiger partial charge in [0.2, 0.25) is 11.8 Å². The van der Waals surface area contributed by atoms with Crippen molar-refractivity contribution in [3.05, 3.63) is 90.0 Å². The number of hydrogen-bond acceptors (Lipinski definition) is 5. The van der Waals surface area contributed by atoms with E-state index in [-0.39, 0.29) is 17.3 Å². The van der Waals surface area contributed by atoms with Gasteiger partial charge in [-0.1, -0.05) is 55.5 Å². The van der Waals surface area contributed by atoms with Crippen LogP contribution >= 0.6 is 0 Å². The molecule has 1 N–H and O–H groups in total. The number of carbonyl (C=O) groups excluding carboxylic acids is 2. The molecule has 37 heavy (non-hydrogen) atoms. The lowest BCUT2D eigenvalue weighted by atomic mass is 10.1. The molecule has 0 saturated carbocycles. The summed E-state index contributed by atoms with van der Waals surface area (Å²) in [6, 6.07) is 21.5. The molecular formula is C28H33N3O5S. The number of carbonyl (C=O) groups is 2. The Labute approximate surface area is 218 Å². The summed E-state index contributed by atoms with van der Waals surface area (Å²) < 4.78 is 34.0. The third kappa shape index (κ3) is 6.48. The Morgan fingerprint density at radius 2 is 1.57 bits per heavy atom. The predicted octanol–water partition coefficient (Wildman–Crippen LogP) is 3.62. The predicted molar refractivity (Wildman–Crippen MR) is 144 cm³/mol. The smallest absolute Gasteiger partial charge is 0.264 e. The molecule has 0 aliphatic rings. The van der Waals surface area contributed by atoms with E-state index in [1.807, 2.05) is 19.1 Å². The van der Waals surface area contributed by atoms with Crippen LogP contribution in [-0.2, 0) is 32.6 Å². The highest BCUT2D eigenvalue weighted by atomic mass is 32.2. The Hall–Kier alpha value is -3.85. The minimum atomic E-state index is -4.08. The molecule has 3 aromatic rings. The molecule has 0 fully saturated rings. The highest BCUT2D eigenvalue weighted by Gasteiger charge is 2.33. The van der Waals surface area contributed by atoms with Crippen LogP contribution in [0.25, 0.3) is 0 Å². The van der Waals surface area contributed by atoms with E-state index >= 15 is 0 Å². The van der Waals surface area contributed by atoms with Gasteiger partial charge in [0, 0.05) is 13.6 Å². The number of anilines is 1. The molecule has 0 heterocycles. The number of nitrogens with one attached hydrogen (secondary N) is 1. The number of hydrogen-bond donors (Lipinski definition) is 1. The van der Waals surface area contributed by atoms with Gasteiger partial charge in [0.25, 0.3) is 10.0 Å². The highest BCUT2D eigenvalue weighted by Crippen LogP contribution is 2.28. The maximum Gasteiger partial charge on any atom is 0.264 e. The van der Waals surface area contributed by atoms with E-state index in [1.165, 1.54) is 24.1 Å². The van der Waals surface area contributed by atoms with E-state index in [4.69, 9.17) is 4.74 Å². The van der Waals surface area contributed by atoms with Crippen molar-refractivity contribution in [1.29, 1.82) is 0 Å². The third-order valence-electron chi connectivity index (χ3n) is 6.18. The average molecular weight is 524 g/mol. The fourth-order valence-electron chi connectivity index (χ4n) is 4.01. The van der Waals surface area contributed by atoms with Crippen molar-refractivity contribution in [2.24, 2.45) is 0 Å². The van der Waals surface area contributed by atoms with Gasteiger partial charge in [-0.05, 0) is 54.8 Å². The topological polar surface area (TPSA) is 96.0 Å². The first-order chi connectivity index (χ1) is 17.7. The minimum absolute atomic E-state index is 0.0785. The second-order valence-electron chi connectivity index (χ2n) is 8.47. The molecule has 1 atom stereocenters. The van der Waals surface area contributed by atoms with Crippen LogP contribution < -0.4 is 14.4 Å². The van der Waals surface area contributed by atoms with Gasteiger partial charge in [0.1, 0.15) is 18.3 Å². The van der Waals surface area contributed by atoms with Crippen LogP contribution in [0.15, 0.2) is 83.8 Å². The quantitative estimate of drug-likeness (QED) is 0.414. The zero-order valence-electron chi connectivity index (χ0n) is 21.5. The lowest BCUT2D eigenvalue weighted by Crippen LogP contribution is -2.50. The lowest BCUT2D eigenvalue weighted by molar-refractivity contribution is -0.139. The first-order valence-electron chi connectivity index (χ1n) is 12.0. The van der Waals surface area contributed by atoms with Gasteiger partial charge in [-0.2, -0.15) is 0 Å². The van der Waals surface area contributed by atoms with Crippen LogP contribution in [-0.4, -0.2) is 51.9 Å². The number of nitrogens with zero attached hydrogens (tertiary/aromatic N) is 2. The summed E-state index contributed by atoms with van der Waals surface area (Å²) >= 11 is 0. The fourth-order valence-corrected chi connectivity index (χ4v) is 5.48. The molecule has 0 saturated heterocycles. The molecule has 0 spiro atoms. The van der Waals surface area contributed by atoms with Crippen LogP contribution in [0.2, 0.25) is 0 Å². The van der Waals surface area contributed by atoms with Crippen molar-refractivity contribution in [3.63, 3.8) is 0 Å². The summed E-state index contributed by atoms with van der Waals surface area (Å²) in [5.74, 6) is -0.192. The summed E-state index contributed by atoms with van der Waals surface area (Å²) in [6.45, 7) is 3.20. The molecule has 0 aromatic heterocycles. The van der Waals surface area contributed by atoms with E-state index < -0.39 is 28.5 Å². The minimum Gasteiger partial charge on any atom is -0.497 e. The van der Waals surface area contributed by atoms with E-state index in [2.05, 4.69) is 5.32 Å². The zero-order valence-corrected chi connectivity index (χ0v) is 22.4. The van der Waals surface area contributed by atoms with E-state index in [0.717, 1.165) is 15.4 Å². The molecule has 3 aromatic carbocycles. The molecule has 0 unspecified atom stereocenters. The van der Waals surface area contributed by atoms with Crippen LogP contribution in [0.3, 0.4) is 0 Å². The van der Waals surface area contributed by atoms with Gasteiger partial charge in [-0.25, -0.2) is 8.42 Å². The second-order valence-corrected chi connectivity index (χ2v) is 10.3. The van der Waals surface area contributed by atoms with Crippen molar-refractivity contribution >= 4 is 27.5 Å². The largest absolute Gasteiger partial charge is 0.497 e. The van der Waals surface area contributed by atoms with Gasteiger partial charge in [-0.15, -0.1) is 0 Å². The molecule has 196 valence electrons. The number of benzene rings is 3. The Bertz CT molecular complexity index is 1310. The Balaban J connectivity index is 2.04. The number of rotatable bonds is 11. The summed E-state index contributed by atoms with van der Waals surface area (Å²) in [5, 5.41) is 2.58. The monoisotopic (exact) mass is 523 g/mol. The van der Waals surface area contributed by atoms with Gasteiger partial charge in [-0.3, -0.25) is 13.9 Å². The van der Waals surface area contributed by atoms with Crippen molar-refractivity contribution < 1.29 is 22.7 Å². The number of ether oxygens (including phenoxy) is 1.